The molecule has 0 spiro atoms. The number of hydrogen-bond acceptors (Lipinski definition) is 4. The highest BCUT2D eigenvalue weighted by atomic mass is 16.5. The van der Waals surface area contributed by atoms with Gasteiger partial charge in [0, 0.05) is 6.42 Å². The summed E-state index contributed by atoms with van der Waals surface area (Å²) in [4.78, 5) is 10.3. The zero-order chi connectivity index (χ0) is 14.0. The van der Waals surface area contributed by atoms with Crippen molar-refractivity contribution in [3.8, 4) is 5.75 Å². The lowest BCUT2D eigenvalue weighted by Crippen LogP contribution is -2.24. The molecule has 1 aromatic rings. The van der Waals surface area contributed by atoms with E-state index in [4.69, 9.17) is 14.6 Å². The molecule has 0 aromatic heterocycles. The van der Waals surface area contributed by atoms with Crippen LogP contribution < -0.4 is 4.74 Å². The first kappa shape index (κ1) is 13.8. The monoisotopic (exact) mass is 266 g/mol. The quantitative estimate of drug-likeness (QED) is 0.845. The fourth-order valence-corrected chi connectivity index (χ4v) is 2.19. The van der Waals surface area contributed by atoms with Crippen LogP contribution in [0.5, 0.6) is 5.75 Å². The van der Waals surface area contributed by atoms with Crippen LogP contribution in [0.1, 0.15) is 31.1 Å². The van der Waals surface area contributed by atoms with Crippen LogP contribution in [0.2, 0.25) is 0 Å². The Balaban J connectivity index is 2.01. The summed E-state index contributed by atoms with van der Waals surface area (Å²) in [7, 11) is 0. The lowest BCUT2D eigenvalue weighted by atomic mass is 9.99. The van der Waals surface area contributed by atoms with Crippen molar-refractivity contribution in [3.63, 3.8) is 0 Å². The molecular weight excluding hydrogens is 248 g/mol. The first-order valence-corrected chi connectivity index (χ1v) is 6.17. The molecule has 1 aromatic carbocycles. The summed E-state index contributed by atoms with van der Waals surface area (Å²) in [5.41, 5.74) is 1.55. The molecule has 19 heavy (non-hydrogen) atoms. The van der Waals surface area contributed by atoms with Crippen molar-refractivity contribution < 1.29 is 24.5 Å². The highest BCUT2D eigenvalue weighted by molar-refractivity contribution is 5.67. The average molecular weight is 266 g/mol. The SMILES string of the molecule is CC1(C)Cc2cc(C(O)COCC(=O)O)ccc2O1. The molecule has 0 bridgehead atoms. The van der Waals surface area contributed by atoms with Crippen molar-refractivity contribution in [1.29, 1.82) is 0 Å². The molecule has 0 amide bonds. The third kappa shape index (κ3) is 3.45. The molecule has 5 heteroatoms. The van der Waals surface area contributed by atoms with Crippen molar-refractivity contribution in [2.75, 3.05) is 13.2 Å². The predicted molar refractivity (Wildman–Crippen MR) is 68.3 cm³/mol. The van der Waals surface area contributed by atoms with Gasteiger partial charge in [-0.05, 0) is 37.1 Å². The van der Waals surface area contributed by atoms with Crippen molar-refractivity contribution in [3.05, 3.63) is 29.3 Å². The molecular formula is C14H18O5. The molecule has 0 saturated carbocycles. The van der Waals surface area contributed by atoms with Crippen LogP contribution >= 0.6 is 0 Å². The maximum Gasteiger partial charge on any atom is 0.329 e. The van der Waals surface area contributed by atoms with Crippen molar-refractivity contribution in [2.24, 2.45) is 0 Å². The van der Waals surface area contributed by atoms with Crippen LogP contribution in [0.25, 0.3) is 0 Å². The minimum atomic E-state index is -1.05. The molecule has 1 unspecified atom stereocenters. The Morgan fingerprint density at radius 2 is 2.26 bits per heavy atom. The highest BCUT2D eigenvalue weighted by Gasteiger charge is 2.30. The average Bonchev–Trinajstić information content (AvgIpc) is 2.60. The molecule has 5 nitrogen and oxygen atoms in total. The van der Waals surface area contributed by atoms with E-state index < -0.39 is 18.7 Å². The maximum absolute atomic E-state index is 10.3. The summed E-state index contributed by atoms with van der Waals surface area (Å²) in [5, 5.41) is 18.4. The zero-order valence-electron chi connectivity index (χ0n) is 11.0. The molecule has 2 rings (SSSR count). The van der Waals surface area contributed by atoms with E-state index in [9.17, 15) is 9.90 Å². The second kappa shape index (κ2) is 5.19. The van der Waals surface area contributed by atoms with Crippen LogP contribution in [-0.2, 0) is 16.0 Å². The van der Waals surface area contributed by atoms with Gasteiger partial charge in [0.2, 0.25) is 0 Å². The van der Waals surface area contributed by atoms with Gasteiger partial charge in [0.25, 0.3) is 0 Å². The van der Waals surface area contributed by atoms with E-state index >= 15 is 0 Å². The molecule has 1 atom stereocenters. The molecule has 1 aliphatic rings. The molecule has 1 heterocycles. The molecule has 104 valence electrons. The first-order valence-electron chi connectivity index (χ1n) is 6.17. The number of aliphatic hydroxyl groups is 1. The molecule has 0 saturated heterocycles. The van der Waals surface area contributed by atoms with E-state index in [2.05, 4.69) is 0 Å². The van der Waals surface area contributed by atoms with Crippen LogP contribution in [0, 0.1) is 0 Å². The minimum absolute atomic E-state index is 0.0324. The zero-order valence-corrected chi connectivity index (χ0v) is 11.0. The van der Waals surface area contributed by atoms with Gasteiger partial charge in [0.05, 0.1) is 6.61 Å². The summed E-state index contributed by atoms with van der Waals surface area (Å²) in [6, 6.07) is 5.49. The highest BCUT2D eigenvalue weighted by Crippen LogP contribution is 2.36. The van der Waals surface area contributed by atoms with Crippen molar-refractivity contribution >= 4 is 5.97 Å². The normalized spacial score (nSPS) is 17.6. The maximum atomic E-state index is 10.3. The van der Waals surface area contributed by atoms with E-state index in [-0.39, 0.29) is 12.2 Å². The van der Waals surface area contributed by atoms with Gasteiger partial charge in [0.15, 0.2) is 0 Å². The van der Waals surface area contributed by atoms with Gasteiger partial charge in [-0.2, -0.15) is 0 Å². The second-order valence-electron chi connectivity index (χ2n) is 5.33. The molecule has 0 fully saturated rings. The number of benzene rings is 1. The summed E-state index contributed by atoms with van der Waals surface area (Å²) < 4.78 is 10.6. The van der Waals surface area contributed by atoms with E-state index in [0.717, 1.165) is 17.7 Å². The van der Waals surface area contributed by atoms with Crippen LogP contribution in [-0.4, -0.2) is 35.0 Å². The number of carboxylic acid groups (broad SMARTS) is 1. The molecule has 0 radical (unpaired) electrons. The van der Waals surface area contributed by atoms with Gasteiger partial charge in [-0.1, -0.05) is 6.07 Å². The minimum Gasteiger partial charge on any atom is -0.487 e. The molecule has 0 aliphatic carbocycles. The third-order valence-corrected chi connectivity index (χ3v) is 2.97. The number of aliphatic carboxylic acids is 1. The van der Waals surface area contributed by atoms with E-state index in [1.165, 1.54) is 0 Å². The Labute approximate surface area is 111 Å². The topological polar surface area (TPSA) is 76.0 Å². The first-order chi connectivity index (χ1) is 8.87. The lowest BCUT2D eigenvalue weighted by Gasteiger charge is -2.16. The number of rotatable bonds is 5. The van der Waals surface area contributed by atoms with E-state index in [1.807, 2.05) is 26.0 Å². The number of fused-ring (bicyclic) bond motifs is 1. The Morgan fingerprint density at radius 3 is 2.95 bits per heavy atom. The summed E-state index contributed by atoms with van der Waals surface area (Å²) in [6.45, 7) is 3.59. The van der Waals surface area contributed by atoms with Crippen LogP contribution in [0.15, 0.2) is 18.2 Å². The fraction of sp³-hybridized carbons (Fsp3) is 0.500. The Bertz CT molecular complexity index is 481. The van der Waals surface area contributed by atoms with Gasteiger partial charge in [-0.3, -0.25) is 0 Å². The smallest absolute Gasteiger partial charge is 0.329 e. The fourth-order valence-electron chi connectivity index (χ4n) is 2.19. The summed E-state index contributed by atoms with van der Waals surface area (Å²) in [5.74, 6) is -0.205. The van der Waals surface area contributed by atoms with Gasteiger partial charge >= 0.3 is 5.97 Å². The lowest BCUT2D eigenvalue weighted by molar-refractivity contribution is -0.143. The van der Waals surface area contributed by atoms with Crippen molar-refractivity contribution in [2.45, 2.75) is 32.0 Å². The standard InChI is InChI=1S/C14H18O5/c1-14(2)6-10-5-9(3-4-12(10)19-14)11(15)7-18-8-13(16)17/h3-5,11,15H,6-8H2,1-2H3,(H,16,17). The third-order valence-electron chi connectivity index (χ3n) is 2.97. The molecule has 1 aliphatic heterocycles. The number of hydrogen-bond donors (Lipinski definition) is 2. The van der Waals surface area contributed by atoms with E-state index in [0.29, 0.717) is 5.56 Å². The molecule has 2 N–H and O–H groups in total. The Morgan fingerprint density at radius 1 is 1.53 bits per heavy atom. The second-order valence-corrected chi connectivity index (χ2v) is 5.33. The largest absolute Gasteiger partial charge is 0.487 e. The summed E-state index contributed by atoms with van der Waals surface area (Å²) >= 11 is 0. The number of aliphatic hydroxyl groups excluding tert-OH is 1. The van der Waals surface area contributed by atoms with Crippen molar-refractivity contribution in [1.82, 2.24) is 0 Å². The Kier molecular flexibility index (Phi) is 3.78. The van der Waals surface area contributed by atoms with Crippen LogP contribution in [0.3, 0.4) is 0 Å². The van der Waals surface area contributed by atoms with Crippen LogP contribution in [0.4, 0.5) is 0 Å². The summed E-state index contributed by atoms with van der Waals surface area (Å²) in [6.07, 6.45) is -0.0350. The predicted octanol–water partition coefficient (Wildman–Crippen LogP) is 1.53. The number of carboxylic acids is 1. The van der Waals surface area contributed by atoms with Gasteiger partial charge < -0.3 is 19.7 Å². The van der Waals surface area contributed by atoms with E-state index in [1.54, 1.807) is 6.07 Å². The number of carbonyl (C=O) groups is 1. The number of ether oxygens (including phenoxy) is 2. The Hall–Kier alpha value is -1.59. The van der Waals surface area contributed by atoms with Gasteiger partial charge in [-0.15, -0.1) is 0 Å². The van der Waals surface area contributed by atoms with Gasteiger partial charge in [0.1, 0.15) is 24.1 Å². The van der Waals surface area contributed by atoms with Gasteiger partial charge in [-0.25, -0.2) is 4.79 Å².